The zero-order valence-electron chi connectivity index (χ0n) is 10.2. The van der Waals surface area contributed by atoms with Crippen LogP contribution in [0.15, 0.2) is 18.2 Å². The van der Waals surface area contributed by atoms with E-state index < -0.39 is 0 Å². The van der Waals surface area contributed by atoms with Crippen LogP contribution in [0.25, 0.3) is 0 Å². The van der Waals surface area contributed by atoms with Crippen molar-refractivity contribution in [3.05, 3.63) is 28.8 Å². The summed E-state index contributed by atoms with van der Waals surface area (Å²) in [7, 11) is 4.30. The summed E-state index contributed by atoms with van der Waals surface area (Å²) >= 11 is 6.06. The number of anilines is 1. The maximum absolute atomic E-state index is 6.06. The van der Waals surface area contributed by atoms with E-state index in [4.69, 9.17) is 11.6 Å². The molecule has 0 aliphatic carbocycles. The Kier molecular flexibility index (Phi) is 3.41. The Morgan fingerprint density at radius 3 is 2.75 bits per heavy atom. The molecule has 1 saturated heterocycles. The van der Waals surface area contributed by atoms with Gasteiger partial charge >= 0.3 is 0 Å². The van der Waals surface area contributed by atoms with Gasteiger partial charge in [0.1, 0.15) is 0 Å². The fraction of sp³-hybridized carbons (Fsp3) is 0.538. The normalized spacial score (nSPS) is 20.8. The molecule has 1 aromatic carbocycles. The van der Waals surface area contributed by atoms with Gasteiger partial charge in [-0.15, -0.1) is 0 Å². The second-order valence-corrected chi connectivity index (χ2v) is 5.22. The van der Waals surface area contributed by atoms with Crippen molar-refractivity contribution in [2.45, 2.75) is 19.4 Å². The molecule has 3 heteroatoms. The molecule has 1 heterocycles. The van der Waals surface area contributed by atoms with Crippen molar-refractivity contribution in [1.29, 1.82) is 0 Å². The minimum absolute atomic E-state index is 0.665. The quantitative estimate of drug-likeness (QED) is 0.782. The van der Waals surface area contributed by atoms with Crippen LogP contribution in [0.1, 0.15) is 12.0 Å². The molecule has 0 N–H and O–H groups in total. The summed E-state index contributed by atoms with van der Waals surface area (Å²) in [6.45, 7) is 4.38. The smallest absolute Gasteiger partial charge is 0.0426 e. The van der Waals surface area contributed by atoms with E-state index in [2.05, 4.69) is 43.0 Å². The lowest BCUT2D eigenvalue weighted by Gasteiger charge is -2.23. The third-order valence-electron chi connectivity index (χ3n) is 3.41. The molecule has 0 amide bonds. The van der Waals surface area contributed by atoms with Crippen LogP contribution in [0, 0.1) is 6.92 Å². The van der Waals surface area contributed by atoms with Gasteiger partial charge in [0.25, 0.3) is 0 Å². The van der Waals surface area contributed by atoms with Gasteiger partial charge in [0.15, 0.2) is 0 Å². The number of aryl methyl sites for hydroxylation is 1. The lowest BCUT2D eigenvalue weighted by Crippen LogP contribution is -2.31. The number of nitrogens with zero attached hydrogens (tertiary/aromatic N) is 2. The molecule has 1 aliphatic heterocycles. The summed E-state index contributed by atoms with van der Waals surface area (Å²) in [5, 5.41) is 0.828. The second kappa shape index (κ2) is 4.64. The molecular formula is C13H19ClN2. The number of rotatable bonds is 2. The van der Waals surface area contributed by atoms with Gasteiger partial charge in [-0.25, -0.2) is 0 Å². The molecule has 2 nitrogen and oxygen atoms in total. The van der Waals surface area contributed by atoms with E-state index in [1.807, 2.05) is 6.07 Å². The van der Waals surface area contributed by atoms with Crippen molar-refractivity contribution in [3.63, 3.8) is 0 Å². The Balaban J connectivity index is 2.17. The first-order valence-corrected chi connectivity index (χ1v) is 6.13. The number of hydrogen-bond donors (Lipinski definition) is 0. The van der Waals surface area contributed by atoms with Gasteiger partial charge in [-0.3, -0.25) is 0 Å². The molecule has 0 radical (unpaired) electrons. The molecule has 0 spiro atoms. The molecule has 0 unspecified atom stereocenters. The summed E-state index contributed by atoms with van der Waals surface area (Å²) in [5.74, 6) is 0. The van der Waals surface area contributed by atoms with Gasteiger partial charge < -0.3 is 9.80 Å². The molecular weight excluding hydrogens is 220 g/mol. The highest BCUT2D eigenvalue weighted by atomic mass is 35.5. The van der Waals surface area contributed by atoms with Crippen LogP contribution in [0.3, 0.4) is 0 Å². The summed E-state index contributed by atoms with van der Waals surface area (Å²) in [5.41, 5.74) is 2.60. The SMILES string of the molecule is Cc1ccc(Cl)cc1N1CC[C@H](N(C)C)C1. The Hall–Kier alpha value is -0.730. The highest BCUT2D eigenvalue weighted by Crippen LogP contribution is 2.28. The van der Waals surface area contributed by atoms with Crippen LogP contribution in [0.5, 0.6) is 0 Å². The molecule has 16 heavy (non-hydrogen) atoms. The zero-order valence-corrected chi connectivity index (χ0v) is 11.0. The third kappa shape index (κ3) is 2.33. The standard InChI is InChI=1S/C13H19ClN2/c1-10-4-5-11(14)8-13(10)16-7-6-12(9-16)15(2)3/h4-5,8,12H,6-7,9H2,1-3H3/t12-/m0/s1. The maximum Gasteiger partial charge on any atom is 0.0426 e. The fourth-order valence-electron chi connectivity index (χ4n) is 2.31. The number of benzene rings is 1. The van der Waals surface area contributed by atoms with Gasteiger partial charge in [0.05, 0.1) is 0 Å². The predicted octanol–water partition coefficient (Wildman–Crippen LogP) is 2.79. The van der Waals surface area contributed by atoms with Gasteiger partial charge in [0.2, 0.25) is 0 Å². The van der Waals surface area contributed by atoms with E-state index in [0.29, 0.717) is 6.04 Å². The Bertz CT molecular complexity index is 376. The van der Waals surface area contributed by atoms with E-state index in [0.717, 1.165) is 18.1 Å². The predicted molar refractivity (Wildman–Crippen MR) is 70.5 cm³/mol. The first-order chi connectivity index (χ1) is 7.58. The van der Waals surface area contributed by atoms with Gasteiger partial charge in [-0.05, 0) is 45.1 Å². The van der Waals surface area contributed by atoms with Crippen molar-refractivity contribution in [3.8, 4) is 0 Å². The molecule has 1 atom stereocenters. The third-order valence-corrected chi connectivity index (χ3v) is 3.64. The van der Waals surface area contributed by atoms with E-state index in [-0.39, 0.29) is 0 Å². The fourth-order valence-corrected chi connectivity index (χ4v) is 2.47. The Morgan fingerprint density at radius 1 is 1.38 bits per heavy atom. The largest absolute Gasteiger partial charge is 0.370 e. The average Bonchev–Trinajstić information content (AvgIpc) is 2.70. The monoisotopic (exact) mass is 238 g/mol. The highest BCUT2D eigenvalue weighted by molar-refractivity contribution is 6.30. The van der Waals surface area contributed by atoms with Crippen LogP contribution >= 0.6 is 11.6 Å². The summed E-state index contributed by atoms with van der Waals surface area (Å²) in [6.07, 6.45) is 1.24. The molecule has 1 aromatic rings. The summed E-state index contributed by atoms with van der Waals surface area (Å²) in [6, 6.07) is 6.80. The second-order valence-electron chi connectivity index (χ2n) is 4.78. The average molecular weight is 239 g/mol. The minimum Gasteiger partial charge on any atom is -0.370 e. The van der Waals surface area contributed by atoms with Crippen LogP contribution in [-0.4, -0.2) is 38.1 Å². The Labute approximate surface area is 103 Å². The van der Waals surface area contributed by atoms with Crippen LogP contribution < -0.4 is 4.90 Å². The van der Waals surface area contributed by atoms with Crippen molar-refractivity contribution in [2.24, 2.45) is 0 Å². The van der Waals surface area contributed by atoms with Crippen molar-refractivity contribution >= 4 is 17.3 Å². The number of halogens is 1. The first kappa shape index (κ1) is 11.7. The van der Waals surface area contributed by atoms with Gasteiger partial charge in [-0.2, -0.15) is 0 Å². The lowest BCUT2D eigenvalue weighted by molar-refractivity contribution is 0.315. The van der Waals surface area contributed by atoms with E-state index in [9.17, 15) is 0 Å². The maximum atomic E-state index is 6.06. The van der Waals surface area contributed by atoms with Crippen LogP contribution in [0.2, 0.25) is 5.02 Å². The van der Waals surface area contributed by atoms with Crippen LogP contribution in [0.4, 0.5) is 5.69 Å². The van der Waals surface area contributed by atoms with Crippen molar-refractivity contribution in [1.82, 2.24) is 4.90 Å². The number of hydrogen-bond acceptors (Lipinski definition) is 2. The molecule has 0 saturated carbocycles. The van der Waals surface area contributed by atoms with Crippen LogP contribution in [-0.2, 0) is 0 Å². The topological polar surface area (TPSA) is 6.48 Å². The lowest BCUT2D eigenvalue weighted by atomic mass is 10.2. The molecule has 88 valence electrons. The van der Waals surface area contributed by atoms with Gasteiger partial charge in [-0.1, -0.05) is 17.7 Å². The van der Waals surface area contributed by atoms with Gasteiger partial charge in [0, 0.05) is 29.8 Å². The van der Waals surface area contributed by atoms with E-state index in [1.165, 1.54) is 17.7 Å². The number of likely N-dealkylation sites (N-methyl/N-ethyl adjacent to an activating group) is 1. The molecule has 2 rings (SSSR count). The van der Waals surface area contributed by atoms with E-state index in [1.54, 1.807) is 0 Å². The molecule has 1 fully saturated rings. The Morgan fingerprint density at radius 2 is 2.12 bits per heavy atom. The van der Waals surface area contributed by atoms with Crippen molar-refractivity contribution in [2.75, 3.05) is 32.1 Å². The zero-order chi connectivity index (χ0) is 11.7. The minimum atomic E-state index is 0.665. The molecule has 0 aromatic heterocycles. The van der Waals surface area contributed by atoms with Crippen molar-refractivity contribution < 1.29 is 0 Å². The summed E-state index contributed by atoms with van der Waals surface area (Å²) in [4.78, 5) is 4.74. The summed E-state index contributed by atoms with van der Waals surface area (Å²) < 4.78 is 0. The first-order valence-electron chi connectivity index (χ1n) is 5.75. The molecule has 0 bridgehead atoms. The molecule has 1 aliphatic rings. The highest BCUT2D eigenvalue weighted by Gasteiger charge is 2.24. The van der Waals surface area contributed by atoms with E-state index >= 15 is 0 Å².